The largest absolute Gasteiger partial charge is 0.356 e. The molecule has 0 aliphatic carbocycles. The van der Waals surface area contributed by atoms with Crippen LogP contribution in [0.2, 0.25) is 10.0 Å². The van der Waals surface area contributed by atoms with Gasteiger partial charge in [0.2, 0.25) is 0 Å². The Bertz CT molecular complexity index is 740. The maximum absolute atomic E-state index is 6.36. The molecule has 150 valence electrons. The summed E-state index contributed by atoms with van der Waals surface area (Å²) in [6.45, 7) is 8.41. The average molecular weight is 525 g/mol. The van der Waals surface area contributed by atoms with Crippen molar-refractivity contribution >= 4 is 53.1 Å². The van der Waals surface area contributed by atoms with Gasteiger partial charge in [-0.2, -0.15) is 0 Å². The van der Waals surface area contributed by atoms with Gasteiger partial charge in [0.15, 0.2) is 5.96 Å². The van der Waals surface area contributed by atoms with E-state index in [4.69, 9.17) is 23.2 Å². The van der Waals surface area contributed by atoms with Gasteiger partial charge in [-0.05, 0) is 17.7 Å². The molecule has 2 rings (SSSR count). The van der Waals surface area contributed by atoms with E-state index in [-0.39, 0.29) is 29.4 Å². The molecule has 0 bridgehead atoms. The molecule has 0 saturated carbocycles. The summed E-state index contributed by atoms with van der Waals surface area (Å²) in [6, 6.07) is 5.58. The molecule has 0 saturated heterocycles. The molecule has 27 heavy (non-hydrogen) atoms. The first-order valence-corrected chi connectivity index (χ1v) is 9.40. The summed E-state index contributed by atoms with van der Waals surface area (Å²) in [4.78, 5) is 4.28. The minimum Gasteiger partial charge on any atom is -0.356 e. The van der Waals surface area contributed by atoms with E-state index in [2.05, 4.69) is 46.6 Å². The van der Waals surface area contributed by atoms with Crippen molar-refractivity contribution in [2.24, 2.45) is 4.99 Å². The summed E-state index contributed by atoms with van der Waals surface area (Å²) >= 11 is 12.7. The number of aliphatic imine (C=N–C) groups is 1. The zero-order valence-corrected chi connectivity index (χ0v) is 19.9. The first kappa shape index (κ1) is 24.0. The van der Waals surface area contributed by atoms with Gasteiger partial charge >= 0.3 is 0 Å². The standard InChI is InChI=1S/C18H26Cl2N6.HI/c1-5-15-25-24-12-26(15)10-9-22-17(21-4)23-11-18(2,3)16-13(19)7-6-8-14(16)20;/h6-8,12H,5,9-11H2,1-4H3,(H2,21,22,23);1H. The molecule has 0 fully saturated rings. The SMILES string of the molecule is CCc1nncn1CCNC(=NC)NCC(C)(C)c1c(Cl)cccc1Cl.I. The smallest absolute Gasteiger partial charge is 0.191 e. The Hall–Kier alpha value is -1.06. The Morgan fingerprint density at radius 2 is 1.89 bits per heavy atom. The van der Waals surface area contributed by atoms with Crippen LogP contribution >= 0.6 is 47.2 Å². The maximum Gasteiger partial charge on any atom is 0.191 e. The highest BCUT2D eigenvalue weighted by molar-refractivity contribution is 14.0. The van der Waals surface area contributed by atoms with Crippen molar-refractivity contribution in [3.63, 3.8) is 0 Å². The lowest BCUT2D eigenvalue weighted by Crippen LogP contribution is -2.44. The van der Waals surface area contributed by atoms with Gasteiger partial charge in [0, 0.05) is 48.6 Å². The van der Waals surface area contributed by atoms with Crippen LogP contribution in [0.1, 0.15) is 32.2 Å². The second kappa shape index (κ2) is 11.1. The molecule has 2 N–H and O–H groups in total. The Kier molecular flexibility index (Phi) is 9.83. The molecule has 0 aliphatic rings. The van der Waals surface area contributed by atoms with Crippen molar-refractivity contribution in [1.29, 1.82) is 0 Å². The number of aryl methyl sites for hydroxylation is 1. The zero-order valence-electron chi connectivity index (χ0n) is 16.1. The second-order valence-corrected chi connectivity index (χ2v) is 7.44. The van der Waals surface area contributed by atoms with E-state index < -0.39 is 0 Å². The average Bonchev–Trinajstić information content (AvgIpc) is 3.05. The Morgan fingerprint density at radius 3 is 2.48 bits per heavy atom. The lowest BCUT2D eigenvalue weighted by atomic mass is 9.84. The second-order valence-electron chi connectivity index (χ2n) is 6.63. The van der Waals surface area contributed by atoms with Crippen molar-refractivity contribution in [2.45, 2.75) is 39.2 Å². The van der Waals surface area contributed by atoms with Crippen LogP contribution in [0, 0.1) is 0 Å². The third kappa shape index (κ3) is 6.50. The van der Waals surface area contributed by atoms with Crippen LogP contribution in [0.15, 0.2) is 29.5 Å². The predicted octanol–water partition coefficient (Wildman–Crippen LogP) is 3.91. The van der Waals surface area contributed by atoms with Crippen molar-refractivity contribution < 1.29 is 0 Å². The number of hydrogen-bond donors (Lipinski definition) is 2. The van der Waals surface area contributed by atoms with Gasteiger partial charge in [-0.1, -0.05) is 50.0 Å². The number of hydrogen-bond acceptors (Lipinski definition) is 3. The molecular weight excluding hydrogens is 498 g/mol. The molecule has 2 aromatic rings. The van der Waals surface area contributed by atoms with Gasteiger partial charge < -0.3 is 15.2 Å². The van der Waals surface area contributed by atoms with Crippen LogP contribution in [-0.2, 0) is 18.4 Å². The zero-order chi connectivity index (χ0) is 19.2. The third-order valence-electron chi connectivity index (χ3n) is 4.22. The molecule has 0 radical (unpaired) electrons. The van der Waals surface area contributed by atoms with Gasteiger partial charge in [-0.25, -0.2) is 0 Å². The molecule has 0 atom stereocenters. The van der Waals surface area contributed by atoms with E-state index in [9.17, 15) is 0 Å². The summed E-state index contributed by atoms with van der Waals surface area (Å²) in [5, 5.41) is 16.0. The Morgan fingerprint density at radius 1 is 1.22 bits per heavy atom. The maximum atomic E-state index is 6.36. The minimum absolute atomic E-state index is 0. The summed E-state index contributed by atoms with van der Waals surface area (Å²) < 4.78 is 2.04. The summed E-state index contributed by atoms with van der Waals surface area (Å²) in [5.74, 6) is 1.71. The molecule has 9 heteroatoms. The van der Waals surface area contributed by atoms with Gasteiger partial charge in [-0.15, -0.1) is 34.2 Å². The fourth-order valence-electron chi connectivity index (χ4n) is 2.79. The van der Waals surface area contributed by atoms with Gasteiger partial charge in [0.05, 0.1) is 0 Å². The normalized spacial score (nSPS) is 11.9. The molecule has 1 aromatic heterocycles. The highest BCUT2D eigenvalue weighted by Crippen LogP contribution is 2.35. The lowest BCUT2D eigenvalue weighted by Gasteiger charge is -2.28. The minimum atomic E-state index is -0.253. The first-order valence-electron chi connectivity index (χ1n) is 8.64. The van der Waals surface area contributed by atoms with Crippen molar-refractivity contribution in [2.75, 3.05) is 20.1 Å². The number of guanidine groups is 1. The van der Waals surface area contributed by atoms with Crippen LogP contribution in [0.3, 0.4) is 0 Å². The summed E-state index contributed by atoms with van der Waals surface area (Å²) in [6.07, 6.45) is 2.61. The molecule has 0 amide bonds. The summed E-state index contributed by atoms with van der Waals surface area (Å²) in [7, 11) is 1.75. The fraction of sp³-hybridized carbons (Fsp3) is 0.500. The quantitative estimate of drug-likeness (QED) is 0.327. The van der Waals surface area contributed by atoms with E-state index in [0.717, 1.165) is 36.9 Å². The first-order chi connectivity index (χ1) is 12.4. The van der Waals surface area contributed by atoms with Crippen LogP contribution < -0.4 is 10.6 Å². The van der Waals surface area contributed by atoms with Crippen molar-refractivity contribution in [3.05, 3.63) is 46.0 Å². The van der Waals surface area contributed by atoms with Crippen LogP contribution in [0.4, 0.5) is 0 Å². The van der Waals surface area contributed by atoms with E-state index in [1.54, 1.807) is 13.4 Å². The van der Waals surface area contributed by atoms with E-state index in [0.29, 0.717) is 16.6 Å². The van der Waals surface area contributed by atoms with Gasteiger partial charge in [-0.3, -0.25) is 4.99 Å². The van der Waals surface area contributed by atoms with Gasteiger partial charge in [0.25, 0.3) is 0 Å². The van der Waals surface area contributed by atoms with Crippen LogP contribution in [0.25, 0.3) is 0 Å². The van der Waals surface area contributed by atoms with E-state index >= 15 is 0 Å². The lowest BCUT2D eigenvalue weighted by molar-refractivity contribution is 0.507. The fourth-order valence-corrected chi connectivity index (χ4v) is 3.70. The van der Waals surface area contributed by atoms with Crippen molar-refractivity contribution in [1.82, 2.24) is 25.4 Å². The molecule has 0 unspecified atom stereocenters. The van der Waals surface area contributed by atoms with Crippen molar-refractivity contribution in [3.8, 4) is 0 Å². The number of benzene rings is 1. The molecule has 0 aliphatic heterocycles. The number of rotatable bonds is 7. The van der Waals surface area contributed by atoms with Crippen LogP contribution in [0.5, 0.6) is 0 Å². The van der Waals surface area contributed by atoms with E-state index in [1.807, 2.05) is 22.8 Å². The Labute approximate surface area is 188 Å². The molecule has 6 nitrogen and oxygen atoms in total. The molecule has 0 spiro atoms. The third-order valence-corrected chi connectivity index (χ3v) is 4.85. The number of nitrogens with one attached hydrogen (secondary N) is 2. The highest BCUT2D eigenvalue weighted by Gasteiger charge is 2.26. The predicted molar refractivity (Wildman–Crippen MR) is 124 cm³/mol. The van der Waals surface area contributed by atoms with Gasteiger partial charge in [0.1, 0.15) is 12.2 Å². The number of halogens is 3. The van der Waals surface area contributed by atoms with Crippen LogP contribution in [-0.4, -0.2) is 40.9 Å². The number of nitrogens with zero attached hydrogens (tertiary/aromatic N) is 4. The molecular formula is C18H27Cl2IN6. The summed E-state index contributed by atoms with van der Waals surface area (Å²) in [5.41, 5.74) is 0.680. The molecule has 1 aromatic carbocycles. The van der Waals surface area contributed by atoms with E-state index in [1.165, 1.54) is 0 Å². The Balaban J connectivity index is 0.00000364. The number of aromatic nitrogens is 3. The highest BCUT2D eigenvalue weighted by atomic mass is 127. The molecule has 1 heterocycles. The topological polar surface area (TPSA) is 67.1 Å². The monoisotopic (exact) mass is 524 g/mol.